The summed E-state index contributed by atoms with van der Waals surface area (Å²) in [4.78, 5) is 16.5. The molecule has 68 valence electrons. The molecule has 12 heavy (non-hydrogen) atoms. The first-order valence-electron chi connectivity index (χ1n) is 4.35. The molecule has 0 radical (unpaired) electrons. The monoisotopic (exact) mass is 171 g/mol. The van der Waals surface area contributed by atoms with Crippen molar-refractivity contribution >= 4 is 6.09 Å². The van der Waals surface area contributed by atoms with Crippen LogP contribution in [0.5, 0.6) is 0 Å². The van der Waals surface area contributed by atoms with E-state index in [0.717, 1.165) is 25.7 Å². The van der Waals surface area contributed by atoms with E-state index < -0.39 is 0 Å². The summed E-state index contributed by atoms with van der Waals surface area (Å²) in [6.45, 7) is 0. The fourth-order valence-electron chi connectivity index (χ4n) is 1.91. The molecule has 1 saturated carbocycles. The molecule has 1 aliphatic carbocycles. The SMILES string of the molecule is COC(=O)N1OC2CCC1CC2. The van der Waals surface area contributed by atoms with E-state index in [1.807, 2.05) is 0 Å². The smallest absolute Gasteiger partial charge is 0.433 e. The molecule has 0 atom stereocenters. The Hall–Kier alpha value is -0.770. The number of methoxy groups -OCH3 is 1. The molecule has 0 aromatic carbocycles. The van der Waals surface area contributed by atoms with Crippen molar-refractivity contribution in [2.24, 2.45) is 0 Å². The Kier molecular flexibility index (Phi) is 1.92. The Morgan fingerprint density at radius 2 is 2.08 bits per heavy atom. The Balaban J connectivity index is 2.03. The van der Waals surface area contributed by atoms with Crippen LogP contribution in [0.1, 0.15) is 25.7 Å². The van der Waals surface area contributed by atoms with Gasteiger partial charge in [-0.05, 0) is 25.7 Å². The zero-order valence-electron chi connectivity index (χ0n) is 7.16. The van der Waals surface area contributed by atoms with E-state index in [4.69, 9.17) is 4.84 Å². The van der Waals surface area contributed by atoms with Gasteiger partial charge in [-0.2, -0.15) is 5.06 Å². The van der Waals surface area contributed by atoms with Gasteiger partial charge in [0.05, 0.1) is 19.3 Å². The highest BCUT2D eigenvalue weighted by molar-refractivity contribution is 5.66. The highest BCUT2D eigenvalue weighted by Crippen LogP contribution is 2.32. The van der Waals surface area contributed by atoms with Crippen LogP contribution in [0.4, 0.5) is 4.79 Å². The number of hydrogen-bond donors (Lipinski definition) is 0. The second-order valence-corrected chi connectivity index (χ2v) is 3.33. The van der Waals surface area contributed by atoms with Crippen molar-refractivity contribution in [1.82, 2.24) is 5.06 Å². The van der Waals surface area contributed by atoms with Gasteiger partial charge in [0.2, 0.25) is 0 Å². The summed E-state index contributed by atoms with van der Waals surface area (Å²) in [5.74, 6) is 0. The minimum Gasteiger partial charge on any atom is -0.451 e. The van der Waals surface area contributed by atoms with E-state index in [0.29, 0.717) is 0 Å². The Labute approximate surface area is 71.4 Å². The molecule has 3 aliphatic rings. The fraction of sp³-hybridized carbons (Fsp3) is 0.875. The average Bonchev–Trinajstić information content (AvgIpc) is 2.18. The summed E-state index contributed by atoms with van der Waals surface area (Å²) in [7, 11) is 1.38. The summed E-state index contributed by atoms with van der Waals surface area (Å²) in [6, 6.07) is 0.252. The quantitative estimate of drug-likeness (QED) is 0.551. The van der Waals surface area contributed by atoms with Crippen LogP contribution >= 0.6 is 0 Å². The summed E-state index contributed by atoms with van der Waals surface area (Å²) in [5, 5.41) is 1.40. The first kappa shape index (κ1) is 7.86. The lowest BCUT2D eigenvalue weighted by molar-refractivity contribution is -0.249. The van der Waals surface area contributed by atoms with Crippen molar-refractivity contribution in [3.63, 3.8) is 0 Å². The second-order valence-electron chi connectivity index (χ2n) is 3.33. The van der Waals surface area contributed by atoms with Gasteiger partial charge in [0.25, 0.3) is 0 Å². The summed E-state index contributed by atoms with van der Waals surface area (Å²) >= 11 is 0. The largest absolute Gasteiger partial charge is 0.451 e. The number of carbonyl (C=O) groups is 1. The molecule has 2 bridgehead atoms. The minimum absolute atomic E-state index is 0.245. The highest BCUT2D eigenvalue weighted by atomic mass is 16.7. The van der Waals surface area contributed by atoms with Crippen molar-refractivity contribution in [3.8, 4) is 0 Å². The number of fused-ring (bicyclic) bond motifs is 3. The van der Waals surface area contributed by atoms with Crippen molar-refractivity contribution in [2.75, 3.05) is 7.11 Å². The number of amides is 1. The lowest BCUT2D eigenvalue weighted by atomic mass is 9.91. The lowest BCUT2D eigenvalue weighted by Crippen LogP contribution is -2.51. The molecule has 2 heterocycles. The Morgan fingerprint density at radius 3 is 2.50 bits per heavy atom. The maximum Gasteiger partial charge on any atom is 0.433 e. The Morgan fingerprint density at radius 1 is 1.42 bits per heavy atom. The van der Waals surface area contributed by atoms with Crippen molar-refractivity contribution < 1.29 is 14.4 Å². The number of ether oxygens (including phenoxy) is 1. The lowest BCUT2D eigenvalue weighted by Gasteiger charge is -2.42. The highest BCUT2D eigenvalue weighted by Gasteiger charge is 2.38. The zero-order valence-corrected chi connectivity index (χ0v) is 7.16. The predicted molar refractivity (Wildman–Crippen MR) is 41.4 cm³/mol. The molecule has 0 unspecified atom stereocenters. The van der Waals surface area contributed by atoms with Gasteiger partial charge in [-0.3, -0.25) is 4.84 Å². The zero-order chi connectivity index (χ0) is 8.55. The van der Waals surface area contributed by atoms with E-state index in [1.54, 1.807) is 0 Å². The molecule has 4 heteroatoms. The van der Waals surface area contributed by atoms with Crippen molar-refractivity contribution in [1.29, 1.82) is 0 Å². The van der Waals surface area contributed by atoms with Gasteiger partial charge in [-0.25, -0.2) is 4.79 Å². The number of hydrogen-bond acceptors (Lipinski definition) is 3. The van der Waals surface area contributed by atoms with E-state index in [2.05, 4.69) is 4.74 Å². The number of rotatable bonds is 0. The van der Waals surface area contributed by atoms with Crippen molar-refractivity contribution in [2.45, 2.75) is 37.8 Å². The summed E-state index contributed by atoms with van der Waals surface area (Å²) in [6.07, 6.45) is 4.16. The maximum atomic E-state index is 11.1. The topological polar surface area (TPSA) is 38.8 Å². The molecule has 4 nitrogen and oxygen atoms in total. The number of carbonyl (C=O) groups excluding carboxylic acids is 1. The third-order valence-corrected chi connectivity index (χ3v) is 2.59. The van der Waals surface area contributed by atoms with Gasteiger partial charge in [-0.15, -0.1) is 0 Å². The molecular weight excluding hydrogens is 158 g/mol. The van der Waals surface area contributed by atoms with Gasteiger partial charge < -0.3 is 4.74 Å². The van der Waals surface area contributed by atoms with Gasteiger partial charge >= 0.3 is 6.09 Å². The van der Waals surface area contributed by atoms with Crippen LogP contribution in [0, 0.1) is 0 Å². The second kappa shape index (κ2) is 2.94. The molecular formula is C8H13NO3. The predicted octanol–water partition coefficient (Wildman–Crippen LogP) is 1.31. The van der Waals surface area contributed by atoms with Crippen LogP contribution in [0.3, 0.4) is 0 Å². The normalized spacial score (nSPS) is 33.6. The molecule has 0 aromatic heterocycles. The first-order valence-corrected chi connectivity index (χ1v) is 4.35. The van der Waals surface area contributed by atoms with Gasteiger partial charge in [0.15, 0.2) is 0 Å². The molecule has 2 aliphatic heterocycles. The standard InChI is InChI=1S/C8H13NO3/c1-11-8(10)9-6-2-4-7(12-9)5-3-6/h6-7H,2-5H2,1H3. The molecule has 0 spiro atoms. The average molecular weight is 171 g/mol. The van der Waals surface area contributed by atoms with Gasteiger partial charge in [-0.1, -0.05) is 0 Å². The van der Waals surface area contributed by atoms with E-state index in [-0.39, 0.29) is 18.2 Å². The van der Waals surface area contributed by atoms with Crippen LogP contribution in [0.15, 0.2) is 0 Å². The van der Waals surface area contributed by atoms with Crippen LogP contribution in [0.2, 0.25) is 0 Å². The molecule has 3 fully saturated rings. The maximum absolute atomic E-state index is 11.1. The van der Waals surface area contributed by atoms with Gasteiger partial charge in [0, 0.05) is 0 Å². The van der Waals surface area contributed by atoms with Crippen LogP contribution in [0.25, 0.3) is 0 Å². The third-order valence-electron chi connectivity index (χ3n) is 2.59. The van der Waals surface area contributed by atoms with Crippen LogP contribution < -0.4 is 0 Å². The van der Waals surface area contributed by atoms with Crippen LogP contribution in [-0.2, 0) is 9.57 Å². The summed E-state index contributed by atoms with van der Waals surface area (Å²) < 4.78 is 4.60. The minimum atomic E-state index is -0.357. The third kappa shape index (κ3) is 1.16. The van der Waals surface area contributed by atoms with E-state index >= 15 is 0 Å². The molecule has 1 amide bonds. The molecule has 0 aromatic rings. The first-order chi connectivity index (χ1) is 5.81. The fourth-order valence-corrected chi connectivity index (χ4v) is 1.91. The van der Waals surface area contributed by atoms with Crippen molar-refractivity contribution in [3.05, 3.63) is 0 Å². The van der Waals surface area contributed by atoms with Crippen LogP contribution in [-0.4, -0.2) is 30.4 Å². The van der Waals surface area contributed by atoms with E-state index in [1.165, 1.54) is 12.2 Å². The number of hydroxylamine groups is 2. The Bertz CT molecular complexity index is 187. The van der Waals surface area contributed by atoms with Gasteiger partial charge in [0.1, 0.15) is 0 Å². The number of nitrogens with zero attached hydrogens (tertiary/aromatic N) is 1. The van der Waals surface area contributed by atoms with E-state index in [9.17, 15) is 4.79 Å². The molecule has 0 N–H and O–H groups in total. The summed E-state index contributed by atoms with van der Waals surface area (Å²) in [5.41, 5.74) is 0. The molecule has 3 rings (SSSR count). The molecule has 2 saturated heterocycles.